The number of nitrogens with zero attached hydrogens (tertiary/aromatic N) is 1. The number of nitrogens with one attached hydrogen (secondary N) is 1. The van der Waals surface area contributed by atoms with Crippen molar-refractivity contribution < 1.29 is 17.9 Å². The predicted molar refractivity (Wildman–Crippen MR) is 130 cm³/mol. The number of benzene rings is 3. The van der Waals surface area contributed by atoms with E-state index in [1.807, 2.05) is 54.6 Å². The van der Waals surface area contributed by atoms with Crippen LogP contribution in [0.15, 0.2) is 87.5 Å². The molecule has 1 aliphatic rings. The van der Waals surface area contributed by atoms with Crippen molar-refractivity contribution in [3.05, 3.63) is 78.4 Å². The Hall–Kier alpha value is -2.81. The van der Waals surface area contributed by atoms with E-state index in [0.717, 1.165) is 9.79 Å². The third-order valence-corrected chi connectivity index (χ3v) is 8.74. The third-order valence-electron chi connectivity index (χ3n) is 5.60. The van der Waals surface area contributed by atoms with Crippen LogP contribution in [0.3, 0.4) is 0 Å². The van der Waals surface area contributed by atoms with Gasteiger partial charge in [-0.2, -0.15) is 4.31 Å². The van der Waals surface area contributed by atoms with E-state index < -0.39 is 16.1 Å². The summed E-state index contributed by atoms with van der Waals surface area (Å²) in [7, 11) is -2.36. The lowest BCUT2D eigenvalue weighted by atomic mass is 10.2. The average Bonchev–Trinajstić information content (AvgIpc) is 3.32. The molecule has 0 aliphatic carbocycles. The van der Waals surface area contributed by atoms with Crippen LogP contribution in [0.25, 0.3) is 0 Å². The molecule has 1 saturated heterocycles. The number of hydrogen-bond acceptors (Lipinski definition) is 5. The highest BCUT2D eigenvalue weighted by Crippen LogP contribution is 2.35. The van der Waals surface area contributed by atoms with Crippen molar-refractivity contribution in [2.24, 2.45) is 0 Å². The van der Waals surface area contributed by atoms with Gasteiger partial charge in [-0.05, 0) is 55.7 Å². The first-order valence-electron chi connectivity index (χ1n) is 10.7. The minimum absolute atomic E-state index is 0.168. The maximum atomic E-state index is 13.5. The molecule has 0 saturated carbocycles. The van der Waals surface area contributed by atoms with Gasteiger partial charge in [-0.3, -0.25) is 4.79 Å². The Kier molecular flexibility index (Phi) is 7.07. The van der Waals surface area contributed by atoms with Crippen molar-refractivity contribution in [2.75, 3.05) is 19.0 Å². The highest BCUT2D eigenvalue weighted by Gasteiger charge is 2.40. The summed E-state index contributed by atoms with van der Waals surface area (Å²) >= 11 is 1.55. The quantitative estimate of drug-likeness (QED) is 0.516. The number of ether oxygens (including phenoxy) is 1. The minimum atomic E-state index is -3.86. The zero-order chi connectivity index (χ0) is 23.4. The van der Waals surface area contributed by atoms with Gasteiger partial charge in [-0.1, -0.05) is 48.2 Å². The summed E-state index contributed by atoms with van der Waals surface area (Å²) < 4.78 is 33.5. The van der Waals surface area contributed by atoms with Crippen LogP contribution in [-0.4, -0.2) is 38.3 Å². The monoisotopic (exact) mass is 482 g/mol. The van der Waals surface area contributed by atoms with Crippen LogP contribution < -0.4 is 10.1 Å². The number of sulfonamides is 1. The minimum Gasteiger partial charge on any atom is -0.497 e. The summed E-state index contributed by atoms with van der Waals surface area (Å²) in [5.74, 6) is 0.143. The maximum absolute atomic E-state index is 13.5. The molecule has 1 heterocycles. The van der Waals surface area contributed by atoms with E-state index in [1.165, 1.54) is 17.5 Å². The molecule has 1 amide bonds. The van der Waals surface area contributed by atoms with E-state index in [4.69, 9.17) is 4.74 Å². The topological polar surface area (TPSA) is 75.7 Å². The zero-order valence-corrected chi connectivity index (χ0v) is 20.2. The van der Waals surface area contributed by atoms with Crippen LogP contribution >= 0.6 is 11.8 Å². The second-order valence-electron chi connectivity index (χ2n) is 7.81. The fourth-order valence-electron chi connectivity index (χ4n) is 3.89. The van der Waals surface area contributed by atoms with E-state index in [-0.39, 0.29) is 10.8 Å². The predicted octanol–water partition coefficient (Wildman–Crippen LogP) is 4.95. The summed E-state index contributed by atoms with van der Waals surface area (Å²) in [5.41, 5.74) is 1.28. The van der Waals surface area contributed by atoms with Crippen molar-refractivity contribution in [3.8, 4) is 5.75 Å². The van der Waals surface area contributed by atoms with E-state index in [0.29, 0.717) is 36.4 Å². The Morgan fingerprint density at radius 2 is 1.79 bits per heavy atom. The molecular formula is C25H26N2O4S2. The Morgan fingerprint density at radius 3 is 2.55 bits per heavy atom. The number of para-hydroxylation sites is 1. The van der Waals surface area contributed by atoms with Gasteiger partial charge in [-0.15, -0.1) is 0 Å². The summed E-state index contributed by atoms with van der Waals surface area (Å²) in [5, 5.41) is 2.97. The fourth-order valence-corrected chi connectivity index (χ4v) is 6.71. The van der Waals surface area contributed by atoms with Gasteiger partial charge in [0.2, 0.25) is 15.9 Å². The highest BCUT2D eigenvalue weighted by molar-refractivity contribution is 7.99. The number of carbonyl (C=O) groups is 1. The first-order valence-corrected chi connectivity index (χ1v) is 12.9. The molecule has 1 N–H and O–H groups in total. The molecule has 0 unspecified atom stereocenters. The van der Waals surface area contributed by atoms with Crippen LogP contribution in [0.1, 0.15) is 18.4 Å². The number of carbonyl (C=O) groups excluding carboxylic acids is 1. The molecule has 1 fully saturated rings. The molecule has 6 nitrogen and oxygen atoms in total. The van der Waals surface area contributed by atoms with Gasteiger partial charge in [0.1, 0.15) is 11.8 Å². The Bertz CT molecular complexity index is 1250. The van der Waals surface area contributed by atoms with Gasteiger partial charge in [0.05, 0.1) is 17.7 Å². The average molecular weight is 483 g/mol. The molecule has 33 heavy (non-hydrogen) atoms. The second kappa shape index (κ2) is 9.99. The van der Waals surface area contributed by atoms with E-state index in [2.05, 4.69) is 5.32 Å². The number of amides is 1. The van der Waals surface area contributed by atoms with Gasteiger partial charge in [0.15, 0.2) is 0 Å². The number of hydrogen-bond donors (Lipinski definition) is 1. The molecule has 0 bridgehead atoms. The molecule has 1 atom stereocenters. The fraction of sp³-hybridized carbons (Fsp3) is 0.240. The van der Waals surface area contributed by atoms with Crippen molar-refractivity contribution >= 4 is 33.4 Å². The largest absolute Gasteiger partial charge is 0.497 e. The van der Waals surface area contributed by atoms with Crippen molar-refractivity contribution in [3.63, 3.8) is 0 Å². The van der Waals surface area contributed by atoms with E-state index in [1.54, 1.807) is 30.8 Å². The van der Waals surface area contributed by atoms with Crippen LogP contribution in [0, 0.1) is 6.92 Å². The molecule has 4 rings (SSSR count). The maximum Gasteiger partial charge on any atom is 0.244 e. The normalized spacial score (nSPS) is 16.5. The van der Waals surface area contributed by atoms with Gasteiger partial charge in [-0.25, -0.2) is 8.42 Å². The van der Waals surface area contributed by atoms with Crippen LogP contribution in [0.5, 0.6) is 5.75 Å². The highest BCUT2D eigenvalue weighted by atomic mass is 32.2. The SMILES string of the molecule is COc1ccc(C)c(S(=O)(=O)N2CCC[C@H]2C(=O)Nc2ccccc2Sc2ccccc2)c1. The second-order valence-corrected chi connectivity index (χ2v) is 10.8. The summed E-state index contributed by atoms with van der Waals surface area (Å²) in [4.78, 5) is 15.4. The number of methoxy groups -OCH3 is 1. The molecule has 172 valence electrons. The molecule has 0 aromatic heterocycles. The van der Waals surface area contributed by atoms with E-state index >= 15 is 0 Å². The smallest absolute Gasteiger partial charge is 0.244 e. The summed E-state index contributed by atoms with van der Waals surface area (Å²) in [6, 6.07) is 21.6. The van der Waals surface area contributed by atoms with Crippen molar-refractivity contribution in [1.82, 2.24) is 4.31 Å². The van der Waals surface area contributed by atoms with Crippen molar-refractivity contribution in [1.29, 1.82) is 0 Å². The number of anilines is 1. The first kappa shape index (κ1) is 23.4. The van der Waals surface area contributed by atoms with E-state index in [9.17, 15) is 13.2 Å². The van der Waals surface area contributed by atoms with Crippen LogP contribution in [0.4, 0.5) is 5.69 Å². The van der Waals surface area contributed by atoms with Gasteiger partial charge in [0.25, 0.3) is 0 Å². The Labute approximate surface area is 199 Å². The van der Waals surface area contributed by atoms with Crippen LogP contribution in [-0.2, 0) is 14.8 Å². The van der Waals surface area contributed by atoms with Gasteiger partial charge < -0.3 is 10.1 Å². The molecule has 3 aromatic rings. The molecule has 8 heteroatoms. The Balaban J connectivity index is 1.57. The summed E-state index contributed by atoms with van der Waals surface area (Å²) in [6.07, 6.45) is 1.10. The third kappa shape index (κ3) is 5.08. The summed E-state index contributed by atoms with van der Waals surface area (Å²) in [6.45, 7) is 2.05. The molecular weight excluding hydrogens is 456 g/mol. The molecule has 3 aromatic carbocycles. The number of aryl methyl sites for hydroxylation is 1. The van der Waals surface area contributed by atoms with Crippen molar-refractivity contribution in [2.45, 2.75) is 40.5 Å². The first-order chi connectivity index (χ1) is 15.9. The standard InChI is InChI=1S/C25H26N2O4S2/c1-18-14-15-19(31-2)17-24(18)33(29,30)27-16-8-12-22(27)25(28)26-21-11-6-7-13-23(21)32-20-9-4-3-5-10-20/h3-7,9-11,13-15,17,22H,8,12,16H2,1-2H3,(H,26,28)/t22-/m0/s1. The lowest BCUT2D eigenvalue weighted by Gasteiger charge is -2.25. The zero-order valence-electron chi connectivity index (χ0n) is 18.5. The lowest BCUT2D eigenvalue weighted by molar-refractivity contribution is -0.119. The molecule has 1 aliphatic heterocycles. The van der Waals surface area contributed by atoms with Gasteiger partial charge in [0, 0.05) is 22.4 Å². The molecule has 0 radical (unpaired) electrons. The Morgan fingerprint density at radius 1 is 1.06 bits per heavy atom. The lowest BCUT2D eigenvalue weighted by Crippen LogP contribution is -2.43. The number of rotatable bonds is 7. The van der Waals surface area contributed by atoms with Gasteiger partial charge >= 0.3 is 0 Å². The van der Waals surface area contributed by atoms with Crippen LogP contribution in [0.2, 0.25) is 0 Å². The molecule has 0 spiro atoms.